The lowest BCUT2D eigenvalue weighted by Crippen LogP contribution is -2.19. The lowest BCUT2D eigenvalue weighted by molar-refractivity contribution is 0.117. The number of carbonyl (C=O) groups is 1. The summed E-state index contributed by atoms with van der Waals surface area (Å²) in [5.74, 6) is 0.301. The van der Waals surface area contributed by atoms with Crippen molar-refractivity contribution in [2.45, 2.75) is 20.0 Å². The van der Waals surface area contributed by atoms with E-state index in [0.29, 0.717) is 28.6 Å². The Kier molecular flexibility index (Phi) is 5.78. The molecule has 3 aromatic heterocycles. The van der Waals surface area contributed by atoms with Crippen LogP contribution in [0.2, 0.25) is 0 Å². The molecule has 0 unspecified atom stereocenters. The first-order valence-corrected chi connectivity index (χ1v) is 10.9. The zero-order valence-electron chi connectivity index (χ0n) is 17.2. The largest absolute Gasteiger partial charge is 0.440 e. The van der Waals surface area contributed by atoms with Gasteiger partial charge in [-0.25, -0.2) is 22.9 Å². The first kappa shape index (κ1) is 21.3. The fourth-order valence-electron chi connectivity index (χ4n) is 2.91. The third kappa shape index (κ3) is 4.76. The Morgan fingerprint density at radius 2 is 1.97 bits per heavy atom. The van der Waals surface area contributed by atoms with E-state index in [2.05, 4.69) is 25.3 Å². The molecule has 0 fully saturated rings. The molecule has 0 saturated heterocycles. The van der Waals surface area contributed by atoms with E-state index in [-0.39, 0.29) is 0 Å². The summed E-state index contributed by atoms with van der Waals surface area (Å²) < 4.78 is 34.0. The quantitative estimate of drug-likeness (QED) is 0.609. The van der Waals surface area contributed by atoms with Crippen molar-refractivity contribution < 1.29 is 17.9 Å². The van der Waals surface area contributed by atoms with Gasteiger partial charge in [0.1, 0.15) is 6.10 Å². The smallest absolute Gasteiger partial charge is 0.413 e. The molecule has 0 aromatic carbocycles. The molecule has 160 valence electrons. The summed E-state index contributed by atoms with van der Waals surface area (Å²) in [5.41, 5.74) is 2.41. The molecule has 30 heavy (non-hydrogen) atoms. The van der Waals surface area contributed by atoms with Crippen LogP contribution in [0.3, 0.4) is 0 Å². The van der Waals surface area contributed by atoms with Crippen molar-refractivity contribution in [3.63, 3.8) is 0 Å². The van der Waals surface area contributed by atoms with Crippen LogP contribution >= 0.6 is 0 Å². The van der Waals surface area contributed by atoms with E-state index < -0.39 is 22.2 Å². The molecule has 3 heterocycles. The van der Waals surface area contributed by atoms with E-state index in [0.717, 1.165) is 11.9 Å². The van der Waals surface area contributed by atoms with Crippen LogP contribution in [0.5, 0.6) is 0 Å². The molecular formula is C18H23N7O4S. The van der Waals surface area contributed by atoms with Gasteiger partial charge in [-0.3, -0.25) is 10.0 Å². The Balaban J connectivity index is 1.80. The lowest BCUT2D eigenvalue weighted by Gasteiger charge is -2.15. The summed E-state index contributed by atoms with van der Waals surface area (Å²) in [5, 5.41) is 10.7. The van der Waals surface area contributed by atoms with E-state index >= 15 is 0 Å². The summed E-state index contributed by atoms with van der Waals surface area (Å²) in [4.78, 5) is 16.8. The number of rotatable bonds is 6. The maximum Gasteiger partial charge on any atom is 0.413 e. The second-order valence-electron chi connectivity index (χ2n) is 6.83. The van der Waals surface area contributed by atoms with Gasteiger partial charge in [-0.1, -0.05) is 5.21 Å². The molecule has 0 radical (unpaired) electrons. The summed E-state index contributed by atoms with van der Waals surface area (Å²) >= 11 is 0. The van der Waals surface area contributed by atoms with Crippen molar-refractivity contribution in [3.05, 3.63) is 41.9 Å². The highest BCUT2D eigenvalue weighted by atomic mass is 32.2. The van der Waals surface area contributed by atoms with Crippen molar-refractivity contribution in [1.82, 2.24) is 24.5 Å². The third-order valence-corrected chi connectivity index (χ3v) is 4.95. The van der Waals surface area contributed by atoms with Gasteiger partial charge in [-0.2, -0.15) is 0 Å². The van der Waals surface area contributed by atoms with Crippen molar-refractivity contribution in [2.75, 3.05) is 16.3 Å². The normalized spacial score (nSPS) is 12.4. The molecule has 0 spiro atoms. The number of hydrogen-bond acceptors (Lipinski definition) is 7. The Labute approximate surface area is 174 Å². The molecule has 12 heteroatoms. The van der Waals surface area contributed by atoms with Crippen LogP contribution in [0.4, 0.5) is 16.3 Å². The Morgan fingerprint density at radius 3 is 2.57 bits per heavy atom. The van der Waals surface area contributed by atoms with E-state index in [1.54, 1.807) is 33.0 Å². The van der Waals surface area contributed by atoms with Crippen LogP contribution in [0.25, 0.3) is 11.4 Å². The number of amides is 1. The summed E-state index contributed by atoms with van der Waals surface area (Å²) in [6, 6.07) is 6.90. The first-order chi connectivity index (χ1) is 14.0. The zero-order valence-corrected chi connectivity index (χ0v) is 18.1. The maximum absolute atomic E-state index is 12.4. The highest BCUT2D eigenvalue weighted by molar-refractivity contribution is 7.92. The van der Waals surface area contributed by atoms with Gasteiger partial charge in [0.25, 0.3) is 0 Å². The van der Waals surface area contributed by atoms with Crippen LogP contribution in [0.15, 0.2) is 30.5 Å². The maximum atomic E-state index is 12.4. The fraction of sp³-hybridized carbons (Fsp3) is 0.333. The fourth-order valence-corrected chi connectivity index (χ4v) is 3.53. The number of aromatic nitrogens is 5. The van der Waals surface area contributed by atoms with E-state index in [9.17, 15) is 13.2 Å². The molecule has 3 aromatic rings. The summed E-state index contributed by atoms with van der Waals surface area (Å²) in [6.45, 7) is 3.44. The van der Waals surface area contributed by atoms with Crippen LogP contribution in [0.1, 0.15) is 24.4 Å². The van der Waals surface area contributed by atoms with Gasteiger partial charge in [0.2, 0.25) is 10.0 Å². The summed E-state index contributed by atoms with van der Waals surface area (Å²) in [6.07, 6.45) is 1.80. The molecule has 0 aliphatic heterocycles. The SMILES string of the molecule is Cc1nc(-c2nnn(C)c2NC(=O)O[C@H](C)c2cccn2C)ccc1NS(C)(=O)=O. The number of ether oxygens (including phenoxy) is 1. The van der Waals surface area contributed by atoms with Crippen molar-refractivity contribution >= 4 is 27.6 Å². The predicted molar refractivity (Wildman–Crippen MR) is 111 cm³/mol. The number of anilines is 2. The highest BCUT2D eigenvalue weighted by Crippen LogP contribution is 2.27. The van der Waals surface area contributed by atoms with Crippen molar-refractivity contribution in [3.8, 4) is 11.4 Å². The first-order valence-electron chi connectivity index (χ1n) is 8.99. The predicted octanol–water partition coefficient (Wildman–Crippen LogP) is 2.21. The standard InChI is InChI=1S/C18H23N7O4S/c1-11-13(22-30(5,27)28)8-9-14(19-11)16-17(25(4)23-21-16)20-18(26)29-12(2)15-7-6-10-24(15)3/h6-10,12,22H,1-5H3,(H,20,26)/t12-/m1/s1. The molecule has 1 atom stereocenters. The second kappa shape index (κ2) is 8.14. The molecule has 0 saturated carbocycles. The molecule has 0 aliphatic rings. The molecule has 2 N–H and O–H groups in total. The van der Waals surface area contributed by atoms with Gasteiger partial charge in [0.15, 0.2) is 11.5 Å². The number of sulfonamides is 1. The average Bonchev–Trinajstić information content (AvgIpc) is 3.22. The van der Waals surface area contributed by atoms with Gasteiger partial charge >= 0.3 is 6.09 Å². The van der Waals surface area contributed by atoms with Crippen LogP contribution < -0.4 is 10.0 Å². The monoisotopic (exact) mass is 433 g/mol. The second-order valence-corrected chi connectivity index (χ2v) is 8.58. The van der Waals surface area contributed by atoms with Crippen LogP contribution in [0, 0.1) is 6.92 Å². The Hall–Kier alpha value is -3.41. The van der Waals surface area contributed by atoms with E-state index in [1.807, 2.05) is 29.9 Å². The van der Waals surface area contributed by atoms with Crippen molar-refractivity contribution in [2.24, 2.45) is 14.1 Å². The minimum Gasteiger partial charge on any atom is -0.440 e. The highest BCUT2D eigenvalue weighted by Gasteiger charge is 2.20. The van der Waals surface area contributed by atoms with Crippen LogP contribution in [-0.2, 0) is 28.9 Å². The van der Waals surface area contributed by atoms with Gasteiger partial charge < -0.3 is 9.30 Å². The topological polar surface area (TPSA) is 133 Å². The van der Waals surface area contributed by atoms with Gasteiger partial charge in [0.05, 0.1) is 29.0 Å². The van der Waals surface area contributed by atoms with E-state index in [1.165, 1.54) is 4.68 Å². The van der Waals surface area contributed by atoms with Crippen molar-refractivity contribution in [1.29, 1.82) is 0 Å². The molecule has 1 amide bonds. The molecule has 11 nitrogen and oxygen atoms in total. The minimum atomic E-state index is -3.43. The average molecular weight is 433 g/mol. The van der Waals surface area contributed by atoms with Gasteiger partial charge in [-0.05, 0) is 38.1 Å². The van der Waals surface area contributed by atoms with E-state index in [4.69, 9.17) is 4.74 Å². The third-order valence-electron chi connectivity index (χ3n) is 4.36. The number of hydrogen-bond donors (Lipinski definition) is 2. The van der Waals surface area contributed by atoms with Gasteiger partial charge in [0, 0.05) is 20.3 Å². The van der Waals surface area contributed by atoms with Crippen LogP contribution in [-0.4, -0.2) is 45.3 Å². The molecule has 0 bridgehead atoms. The minimum absolute atomic E-state index is 0.301. The number of aryl methyl sites for hydroxylation is 3. The molecule has 0 aliphatic carbocycles. The number of pyridine rings is 1. The Morgan fingerprint density at radius 1 is 1.23 bits per heavy atom. The number of nitrogens with one attached hydrogen (secondary N) is 2. The molecule has 3 rings (SSSR count). The lowest BCUT2D eigenvalue weighted by atomic mass is 10.2. The summed E-state index contributed by atoms with van der Waals surface area (Å²) in [7, 11) is 0.0639. The van der Waals surface area contributed by atoms with Gasteiger partial charge in [-0.15, -0.1) is 5.10 Å². The zero-order chi connectivity index (χ0) is 22.1. The number of nitrogens with zero attached hydrogens (tertiary/aromatic N) is 5. The molecular weight excluding hydrogens is 410 g/mol. The number of carbonyl (C=O) groups excluding carboxylic acids is 1. The Bertz CT molecular complexity index is 1180.